The summed E-state index contributed by atoms with van der Waals surface area (Å²) in [6, 6.07) is 8.10. The van der Waals surface area contributed by atoms with Gasteiger partial charge in [-0.15, -0.1) is 11.3 Å². The number of hydrogen-bond donors (Lipinski definition) is 2. The van der Waals surface area contributed by atoms with E-state index in [0.29, 0.717) is 6.42 Å². The van der Waals surface area contributed by atoms with Gasteiger partial charge in [0, 0.05) is 32.0 Å². The molecular formula is C14H18N2OS. The first-order valence-corrected chi connectivity index (χ1v) is 6.76. The van der Waals surface area contributed by atoms with Crippen LogP contribution in [0.25, 0.3) is 10.4 Å². The number of aliphatic hydroxyl groups is 1. The van der Waals surface area contributed by atoms with Crippen molar-refractivity contribution in [1.29, 1.82) is 0 Å². The molecule has 3 N–H and O–H groups in total. The molecule has 0 aliphatic carbocycles. The van der Waals surface area contributed by atoms with Crippen LogP contribution < -0.4 is 10.6 Å². The fourth-order valence-corrected chi connectivity index (χ4v) is 3.02. The van der Waals surface area contributed by atoms with Crippen molar-refractivity contribution < 1.29 is 5.11 Å². The Morgan fingerprint density at radius 2 is 2.06 bits per heavy atom. The molecule has 0 radical (unpaired) electrons. The molecule has 0 saturated carbocycles. The molecule has 96 valence electrons. The number of nitrogen functional groups attached to an aromatic ring is 1. The van der Waals surface area contributed by atoms with E-state index in [2.05, 4.69) is 16.3 Å². The summed E-state index contributed by atoms with van der Waals surface area (Å²) in [6.07, 6.45) is 0.600. The van der Waals surface area contributed by atoms with E-state index < -0.39 is 0 Å². The van der Waals surface area contributed by atoms with Crippen molar-refractivity contribution in [3.8, 4) is 10.4 Å². The summed E-state index contributed by atoms with van der Waals surface area (Å²) in [5.41, 5.74) is 10.2. The Balaban J connectivity index is 2.50. The fraction of sp³-hybridized carbons (Fsp3) is 0.286. The van der Waals surface area contributed by atoms with Crippen molar-refractivity contribution in [2.24, 2.45) is 0 Å². The van der Waals surface area contributed by atoms with Crippen molar-refractivity contribution in [1.82, 2.24) is 0 Å². The van der Waals surface area contributed by atoms with E-state index in [1.807, 2.05) is 32.3 Å². The molecule has 18 heavy (non-hydrogen) atoms. The third-order valence-electron chi connectivity index (χ3n) is 2.95. The van der Waals surface area contributed by atoms with Crippen LogP contribution in [0.1, 0.15) is 5.56 Å². The highest BCUT2D eigenvalue weighted by Crippen LogP contribution is 2.39. The zero-order valence-electron chi connectivity index (χ0n) is 10.7. The van der Waals surface area contributed by atoms with E-state index in [4.69, 9.17) is 10.8 Å². The number of anilines is 2. The smallest absolute Gasteiger partial charge is 0.0596 e. The summed E-state index contributed by atoms with van der Waals surface area (Å²) < 4.78 is 0. The zero-order valence-corrected chi connectivity index (χ0v) is 11.5. The normalized spacial score (nSPS) is 10.6. The third-order valence-corrected chi connectivity index (χ3v) is 3.89. The number of benzene rings is 1. The topological polar surface area (TPSA) is 49.5 Å². The lowest BCUT2D eigenvalue weighted by atomic mass is 10.0. The van der Waals surface area contributed by atoms with Crippen LogP contribution in [0, 0.1) is 0 Å². The average Bonchev–Trinajstić information content (AvgIpc) is 2.81. The van der Waals surface area contributed by atoms with E-state index in [9.17, 15) is 0 Å². The Labute approximate surface area is 111 Å². The van der Waals surface area contributed by atoms with Crippen LogP contribution in [0.15, 0.2) is 29.6 Å². The Morgan fingerprint density at radius 3 is 2.72 bits per heavy atom. The van der Waals surface area contributed by atoms with E-state index in [-0.39, 0.29) is 6.61 Å². The highest BCUT2D eigenvalue weighted by atomic mass is 32.1. The molecule has 0 amide bonds. The van der Waals surface area contributed by atoms with Gasteiger partial charge in [0.2, 0.25) is 0 Å². The third kappa shape index (κ3) is 2.35. The van der Waals surface area contributed by atoms with Gasteiger partial charge in [-0.05, 0) is 23.4 Å². The fourth-order valence-electron chi connectivity index (χ4n) is 2.01. The first kappa shape index (κ1) is 12.9. The summed E-state index contributed by atoms with van der Waals surface area (Å²) in [7, 11) is 4.05. The lowest BCUT2D eigenvalue weighted by molar-refractivity contribution is 0.300. The average molecular weight is 262 g/mol. The van der Waals surface area contributed by atoms with Gasteiger partial charge in [-0.2, -0.15) is 0 Å². The molecule has 0 saturated heterocycles. The number of para-hydroxylation sites is 1. The van der Waals surface area contributed by atoms with E-state index >= 15 is 0 Å². The largest absolute Gasteiger partial charge is 0.398 e. The van der Waals surface area contributed by atoms with Gasteiger partial charge >= 0.3 is 0 Å². The molecule has 4 heteroatoms. The van der Waals surface area contributed by atoms with Gasteiger partial charge in [-0.1, -0.05) is 18.2 Å². The second-order valence-electron chi connectivity index (χ2n) is 4.38. The van der Waals surface area contributed by atoms with E-state index in [1.54, 1.807) is 11.3 Å². The summed E-state index contributed by atoms with van der Waals surface area (Å²) in [5.74, 6) is 0. The number of nitrogens with zero attached hydrogens (tertiary/aromatic N) is 1. The van der Waals surface area contributed by atoms with Crippen LogP contribution in [-0.4, -0.2) is 25.8 Å². The van der Waals surface area contributed by atoms with Crippen LogP contribution in [0.3, 0.4) is 0 Å². The van der Waals surface area contributed by atoms with E-state index in [1.165, 1.54) is 10.6 Å². The van der Waals surface area contributed by atoms with Crippen LogP contribution in [0.4, 0.5) is 11.4 Å². The van der Waals surface area contributed by atoms with Crippen LogP contribution in [0.5, 0.6) is 0 Å². The van der Waals surface area contributed by atoms with Crippen molar-refractivity contribution in [2.75, 3.05) is 31.3 Å². The van der Waals surface area contributed by atoms with Gasteiger partial charge in [0.1, 0.15) is 0 Å². The molecule has 0 atom stereocenters. The maximum absolute atomic E-state index is 9.05. The molecule has 0 unspecified atom stereocenters. The van der Waals surface area contributed by atoms with Gasteiger partial charge in [0.05, 0.1) is 10.6 Å². The highest BCUT2D eigenvalue weighted by molar-refractivity contribution is 7.14. The van der Waals surface area contributed by atoms with Gasteiger partial charge in [0.15, 0.2) is 0 Å². The van der Waals surface area contributed by atoms with Gasteiger partial charge in [-0.25, -0.2) is 0 Å². The number of aliphatic hydroxyl groups excluding tert-OH is 1. The monoisotopic (exact) mass is 262 g/mol. The molecule has 1 aromatic heterocycles. The van der Waals surface area contributed by atoms with Gasteiger partial charge < -0.3 is 15.7 Å². The minimum Gasteiger partial charge on any atom is -0.398 e. The molecule has 0 bridgehead atoms. The van der Waals surface area contributed by atoms with Gasteiger partial charge in [0.25, 0.3) is 0 Å². The predicted octanol–water partition coefficient (Wildman–Crippen LogP) is 2.60. The summed E-state index contributed by atoms with van der Waals surface area (Å²) in [5, 5.41) is 11.1. The SMILES string of the molecule is CN(C)c1ccsc1-c1cccc(CCO)c1N. The lowest BCUT2D eigenvalue weighted by Crippen LogP contribution is -2.08. The second-order valence-corrected chi connectivity index (χ2v) is 5.30. The maximum Gasteiger partial charge on any atom is 0.0596 e. The first-order valence-electron chi connectivity index (χ1n) is 5.88. The summed E-state index contributed by atoms with van der Waals surface area (Å²) >= 11 is 1.69. The number of rotatable bonds is 4. The minimum absolute atomic E-state index is 0.124. The number of thiophene rings is 1. The zero-order chi connectivity index (χ0) is 13.1. The Kier molecular flexibility index (Phi) is 3.89. The molecule has 1 heterocycles. The number of hydrogen-bond acceptors (Lipinski definition) is 4. The van der Waals surface area contributed by atoms with Crippen LogP contribution in [-0.2, 0) is 6.42 Å². The van der Waals surface area contributed by atoms with Gasteiger partial charge in [-0.3, -0.25) is 0 Å². The standard InChI is InChI=1S/C14H18N2OS/c1-16(2)12-7-9-18-14(12)11-5-3-4-10(6-8-17)13(11)15/h3-5,7,9,17H,6,8,15H2,1-2H3. The highest BCUT2D eigenvalue weighted by Gasteiger charge is 2.13. The molecule has 3 nitrogen and oxygen atoms in total. The molecule has 2 aromatic rings. The van der Waals surface area contributed by atoms with Crippen molar-refractivity contribution in [3.05, 3.63) is 35.2 Å². The molecule has 2 rings (SSSR count). The molecule has 1 aromatic carbocycles. The molecule has 0 aliphatic rings. The molecular weight excluding hydrogens is 244 g/mol. The summed E-state index contributed by atoms with van der Waals surface area (Å²) in [4.78, 5) is 3.27. The van der Waals surface area contributed by atoms with Crippen LogP contribution in [0.2, 0.25) is 0 Å². The predicted molar refractivity (Wildman–Crippen MR) is 79.3 cm³/mol. The number of nitrogens with two attached hydrogens (primary N) is 1. The Morgan fingerprint density at radius 1 is 1.28 bits per heavy atom. The Bertz CT molecular complexity index is 534. The molecule has 0 spiro atoms. The van der Waals surface area contributed by atoms with Crippen LogP contribution >= 0.6 is 11.3 Å². The minimum atomic E-state index is 0.124. The lowest BCUT2D eigenvalue weighted by Gasteiger charge is -2.15. The van der Waals surface area contributed by atoms with Crippen molar-refractivity contribution in [2.45, 2.75) is 6.42 Å². The van der Waals surface area contributed by atoms with Crippen molar-refractivity contribution >= 4 is 22.7 Å². The summed E-state index contributed by atoms with van der Waals surface area (Å²) in [6.45, 7) is 0.124. The maximum atomic E-state index is 9.05. The van der Waals surface area contributed by atoms with E-state index in [0.717, 1.165) is 16.8 Å². The first-order chi connectivity index (χ1) is 8.65. The molecule has 0 fully saturated rings. The van der Waals surface area contributed by atoms with Crippen molar-refractivity contribution in [3.63, 3.8) is 0 Å². The Hall–Kier alpha value is -1.52. The quantitative estimate of drug-likeness (QED) is 0.833. The second kappa shape index (κ2) is 5.42. The molecule has 0 aliphatic heterocycles.